The van der Waals surface area contributed by atoms with Crippen molar-refractivity contribution in [3.63, 3.8) is 0 Å². The molecule has 0 aromatic heterocycles. The van der Waals surface area contributed by atoms with E-state index in [9.17, 15) is 4.79 Å². The van der Waals surface area contributed by atoms with E-state index in [0.717, 1.165) is 23.7 Å². The van der Waals surface area contributed by atoms with Crippen LogP contribution in [0.5, 0.6) is 0 Å². The summed E-state index contributed by atoms with van der Waals surface area (Å²) in [7, 11) is 0. The highest BCUT2D eigenvalue weighted by molar-refractivity contribution is 7.99. The van der Waals surface area contributed by atoms with Crippen LogP contribution >= 0.6 is 11.8 Å². The van der Waals surface area contributed by atoms with Crippen molar-refractivity contribution in [3.05, 3.63) is 29.8 Å². The van der Waals surface area contributed by atoms with Crippen LogP contribution in [0.2, 0.25) is 0 Å². The molecule has 0 radical (unpaired) electrons. The molecule has 0 aliphatic carbocycles. The van der Waals surface area contributed by atoms with Gasteiger partial charge in [-0.25, -0.2) is 0 Å². The first-order valence-electron chi connectivity index (χ1n) is 6.50. The Morgan fingerprint density at radius 3 is 2.83 bits per heavy atom. The van der Waals surface area contributed by atoms with E-state index >= 15 is 0 Å². The van der Waals surface area contributed by atoms with E-state index in [0.29, 0.717) is 0 Å². The molecule has 1 aliphatic rings. The molecule has 98 valence electrons. The topological polar surface area (TPSA) is 41.1 Å². The monoisotopic (exact) mass is 264 g/mol. The van der Waals surface area contributed by atoms with Gasteiger partial charge in [0, 0.05) is 17.3 Å². The molecular weight excluding hydrogens is 244 g/mol. The van der Waals surface area contributed by atoms with E-state index < -0.39 is 0 Å². The standard InChI is InChI=1S/C14H20N2OS/c1-2-3-4-11-5-7-12(8-6-11)16-14(17)13-9-18-10-15-13/h5-8,13,15H,2-4,9-10H2,1H3,(H,16,17). The van der Waals surface area contributed by atoms with E-state index in [4.69, 9.17) is 0 Å². The highest BCUT2D eigenvalue weighted by atomic mass is 32.2. The minimum atomic E-state index is -0.0465. The number of hydrogen-bond acceptors (Lipinski definition) is 3. The zero-order valence-electron chi connectivity index (χ0n) is 10.7. The molecule has 0 bridgehead atoms. The number of amides is 1. The fraction of sp³-hybridized carbons (Fsp3) is 0.500. The Balaban J connectivity index is 1.87. The Bertz CT molecular complexity index is 385. The SMILES string of the molecule is CCCCc1ccc(NC(=O)C2CSCN2)cc1. The van der Waals surface area contributed by atoms with Crippen LogP contribution in [-0.2, 0) is 11.2 Å². The van der Waals surface area contributed by atoms with Crippen LogP contribution in [-0.4, -0.2) is 23.6 Å². The van der Waals surface area contributed by atoms with Gasteiger partial charge in [-0.05, 0) is 30.5 Å². The third-order valence-electron chi connectivity index (χ3n) is 3.07. The fourth-order valence-electron chi connectivity index (χ4n) is 1.93. The number of anilines is 1. The zero-order valence-corrected chi connectivity index (χ0v) is 11.6. The van der Waals surface area contributed by atoms with Crippen molar-refractivity contribution in [1.29, 1.82) is 0 Å². The molecule has 3 nitrogen and oxygen atoms in total. The van der Waals surface area contributed by atoms with Gasteiger partial charge in [0.15, 0.2) is 0 Å². The maximum Gasteiger partial charge on any atom is 0.242 e. The summed E-state index contributed by atoms with van der Waals surface area (Å²) >= 11 is 1.76. The Morgan fingerprint density at radius 2 is 2.22 bits per heavy atom. The van der Waals surface area contributed by atoms with Gasteiger partial charge in [0.2, 0.25) is 5.91 Å². The predicted octanol–water partition coefficient (Wildman–Crippen LogP) is 2.63. The van der Waals surface area contributed by atoms with Gasteiger partial charge >= 0.3 is 0 Å². The fourth-order valence-corrected chi connectivity index (χ4v) is 2.87. The van der Waals surface area contributed by atoms with Gasteiger partial charge in [-0.2, -0.15) is 0 Å². The molecule has 1 aromatic carbocycles. The van der Waals surface area contributed by atoms with E-state index in [1.54, 1.807) is 11.8 Å². The second-order valence-electron chi connectivity index (χ2n) is 4.56. The Morgan fingerprint density at radius 1 is 1.44 bits per heavy atom. The van der Waals surface area contributed by atoms with Crippen molar-refractivity contribution in [2.24, 2.45) is 0 Å². The number of unbranched alkanes of at least 4 members (excludes halogenated alkanes) is 1. The molecule has 18 heavy (non-hydrogen) atoms. The summed E-state index contributed by atoms with van der Waals surface area (Å²) in [4.78, 5) is 11.9. The predicted molar refractivity (Wildman–Crippen MR) is 77.9 cm³/mol. The van der Waals surface area contributed by atoms with Crippen molar-refractivity contribution in [2.45, 2.75) is 32.2 Å². The first kappa shape index (κ1) is 13.4. The minimum Gasteiger partial charge on any atom is -0.325 e. The molecule has 1 atom stereocenters. The summed E-state index contributed by atoms with van der Waals surface area (Å²) in [5, 5.41) is 6.12. The number of rotatable bonds is 5. The number of carbonyl (C=O) groups excluding carboxylic acids is 1. The lowest BCUT2D eigenvalue weighted by Crippen LogP contribution is -2.37. The second kappa shape index (κ2) is 6.81. The largest absolute Gasteiger partial charge is 0.325 e. The molecule has 2 N–H and O–H groups in total. The molecular formula is C14H20N2OS. The van der Waals surface area contributed by atoms with Crippen molar-refractivity contribution in [1.82, 2.24) is 5.32 Å². The molecule has 1 aliphatic heterocycles. The van der Waals surface area contributed by atoms with Crippen molar-refractivity contribution >= 4 is 23.4 Å². The van der Waals surface area contributed by atoms with Crippen molar-refractivity contribution in [3.8, 4) is 0 Å². The third kappa shape index (κ3) is 3.75. The van der Waals surface area contributed by atoms with Crippen LogP contribution in [0, 0.1) is 0 Å². The molecule has 1 unspecified atom stereocenters. The maximum absolute atomic E-state index is 11.9. The lowest BCUT2D eigenvalue weighted by atomic mass is 10.1. The first-order valence-corrected chi connectivity index (χ1v) is 7.66. The third-order valence-corrected chi connectivity index (χ3v) is 4.01. The van der Waals surface area contributed by atoms with Crippen LogP contribution in [0.1, 0.15) is 25.3 Å². The number of carbonyl (C=O) groups is 1. The zero-order chi connectivity index (χ0) is 12.8. The molecule has 1 aromatic rings. The average molecular weight is 264 g/mol. The van der Waals surface area contributed by atoms with Crippen LogP contribution in [0.3, 0.4) is 0 Å². The number of thioether (sulfide) groups is 1. The summed E-state index contributed by atoms with van der Waals surface area (Å²) in [6.45, 7) is 2.20. The van der Waals surface area contributed by atoms with Gasteiger partial charge in [0.05, 0.1) is 6.04 Å². The van der Waals surface area contributed by atoms with Gasteiger partial charge in [0.1, 0.15) is 0 Å². The van der Waals surface area contributed by atoms with E-state index in [1.807, 2.05) is 12.1 Å². The Hall–Kier alpha value is -1.00. The Labute approximate surface area is 113 Å². The van der Waals surface area contributed by atoms with Gasteiger partial charge in [-0.1, -0.05) is 25.5 Å². The van der Waals surface area contributed by atoms with Gasteiger partial charge in [-0.15, -0.1) is 11.8 Å². The average Bonchev–Trinajstić information content (AvgIpc) is 2.92. The molecule has 4 heteroatoms. The molecule has 1 amide bonds. The second-order valence-corrected chi connectivity index (χ2v) is 5.59. The molecule has 1 heterocycles. The Kier molecular flexibility index (Phi) is 5.08. The minimum absolute atomic E-state index is 0.0465. The smallest absolute Gasteiger partial charge is 0.242 e. The van der Waals surface area contributed by atoms with Gasteiger partial charge in [0.25, 0.3) is 0 Å². The quantitative estimate of drug-likeness (QED) is 0.859. The highest BCUT2D eigenvalue weighted by Crippen LogP contribution is 2.14. The molecule has 0 saturated carbocycles. The number of aryl methyl sites for hydroxylation is 1. The highest BCUT2D eigenvalue weighted by Gasteiger charge is 2.22. The van der Waals surface area contributed by atoms with E-state index in [2.05, 4.69) is 29.7 Å². The molecule has 0 spiro atoms. The lowest BCUT2D eigenvalue weighted by Gasteiger charge is -2.10. The van der Waals surface area contributed by atoms with Gasteiger partial charge < -0.3 is 5.32 Å². The van der Waals surface area contributed by atoms with Crippen molar-refractivity contribution < 1.29 is 4.79 Å². The van der Waals surface area contributed by atoms with Crippen LogP contribution in [0.25, 0.3) is 0 Å². The summed E-state index contributed by atoms with van der Waals surface area (Å²) < 4.78 is 0. The lowest BCUT2D eigenvalue weighted by molar-refractivity contribution is -0.117. The number of benzene rings is 1. The van der Waals surface area contributed by atoms with Crippen LogP contribution in [0.4, 0.5) is 5.69 Å². The van der Waals surface area contributed by atoms with Crippen molar-refractivity contribution in [2.75, 3.05) is 16.9 Å². The van der Waals surface area contributed by atoms with Gasteiger partial charge in [-0.3, -0.25) is 10.1 Å². The normalized spacial score (nSPS) is 18.8. The van der Waals surface area contributed by atoms with E-state index in [1.165, 1.54) is 18.4 Å². The summed E-state index contributed by atoms with van der Waals surface area (Å²) in [6, 6.07) is 8.13. The summed E-state index contributed by atoms with van der Waals surface area (Å²) in [5.74, 6) is 1.80. The number of nitrogens with one attached hydrogen (secondary N) is 2. The maximum atomic E-state index is 11.9. The van der Waals surface area contributed by atoms with Crippen LogP contribution < -0.4 is 10.6 Å². The summed E-state index contributed by atoms with van der Waals surface area (Å²) in [6.07, 6.45) is 3.55. The van der Waals surface area contributed by atoms with Crippen LogP contribution in [0.15, 0.2) is 24.3 Å². The first-order chi connectivity index (χ1) is 8.79. The van der Waals surface area contributed by atoms with E-state index in [-0.39, 0.29) is 11.9 Å². The summed E-state index contributed by atoms with van der Waals surface area (Å²) in [5.41, 5.74) is 2.23. The number of hydrogen-bond donors (Lipinski definition) is 2. The molecule has 1 fully saturated rings. The molecule has 1 saturated heterocycles. The molecule has 2 rings (SSSR count).